The highest BCUT2D eigenvalue weighted by atomic mass is 16.5. The number of nitrogens with two attached hydrogens (primary N) is 1. The summed E-state index contributed by atoms with van der Waals surface area (Å²) in [5.74, 6) is 0.922. The summed E-state index contributed by atoms with van der Waals surface area (Å²) < 4.78 is 11.7. The lowest BCUT2D eigenvalue weighted by Gasteiger charge is -2.32. The summed E-state index contributed by atoms with van der Waals surface area (Å²) in [4.78, 5) is 0. The number of nitrogens with zero attached hydrogens (tertiary/aromatic N) is 1. The minimum Gasteiger partial charge on any atom is -0.490 e. The average molecular weight is 278 g/mol. The van der Waals surface area contributed by atoms with Gasteiger partial charge in [-0.15, -0.1) is 0 Å². The van der Waals surface area contributed by atoms with E-state index in [4.69, 9.17) is 20.4 Å². The Kier molecular flexibility index (Phi) is 4.49. The van der Waals surface area contributed by atoms with Gasteiger partial charge in [0.25, 0.3) is 0 Å². The van der Waals surface area contributed by atoms with E-state index in [0.29, 0.717) is 5.56 Å². The van der Waals surface area contributed by atoms with Gasteiger partial charge in [0.15, 0.2) is 5.84 Å². The molecule has 0 bridgehead atoms. The predicted octanol–water partition coefficient (Wildman–Crippen LogP) is 2.42. The third-order valence-electron chi connectivity index (χ3n) is 3.54. The van der Waals surface area contributed by atoms with Gasteiger partial charge in [-0.1, -0.05) is 5.16 Å². The van der Waals surface area contributed by atoms with Gasteiger partial charge in [0, 0.05) is 18.4 Å². The zero-order valence-corrected chi connectivity index (χ0v) is 12.2. The number of aryl methyl sites for hydroxylation is 1. The molecule has 1 aliphatic heterocycles. The molecule has 1 fully saturated rings. The van der Waals surface area contributed by atoms with E-state index in [-0.39, 0.29) is 24.1 Å². The van der Waals surface area contributed by atoms with Crippen LogP contribution in [-0.2, 0) is 4.74 Å². The number of benzene rings is 1. The average Bonchev–Trinajstić information content (AvgIpc) is 2.36. The van der Waals surface area contributed by atoms with Crippen LogP contribution in [0.5, 0.6) is 5.75 Å². The van der Waals surface area contributed by atoms with Crippen molar-refractivity contribution in [2.24, 2.45) is 10.9 Å². The molecule has 110 valence electrons. The van der Waals surface area contributed by atoms with E-state index >= 15 is 0 Å². The van der Waals surface area contributed by atoms with Gasteiger partial charge in [-0.25, -0.2) is 0 Å². The van der Waals surface area contributed by atoms with Crippen LogP contribution >= 0.6 is 0 Å². The van der Waals surface area contributed by atoms with Gasteiger partial charge >= 0.3 is 0 Å². The molecule has 2 unspecified atom stereocenters. The van der Waals surface area contributed by atoms with E-state index < -0.39 is 0 Å². The quantitative estimate of drug-likeness (QED) is 0.385. The predicted molar refractivity (Wildman–Crippen MR) is 77.3 cm³/mol. The number of rotatable bonds is 3. The van der Waals surface area contributed by atoms with Crippen LogP contribution in [0.15, 0.2) is 23.4 Å². The first-order valence-electron chi connectivity index (χ1n) is 6.90. The van der Waals surface area contributed by atoms with Crippen molar-refractivity contribution in [3.63, 3.8) is 0 Å². The van der Waals surface area contributed by atoms with Crippen LogP contribution in [0.4, 0.5) is 0 Å². The third kappa shape index (κ3) is 3.42. The Morgan fingerprint density at radius 2 is 2.00 bits per heavy atom. The Morgan fingerprint density at radius 3 is 2.55 bits per heavy atom. The molecule has 0 aromatic heterocycles. The fourth-order valence-corrected chi connectivity index (χ4v) is 2.68. The largest absolute Gasteiger partial charge is 0.490 e. The summed E-state index contributed by atoms with van der Waals surface area (Å²) >= 11 is 0. The Balaban J connectivity index is 2.09. The first kappa shape index (κ1) is 14.7. The molecule has 1 heterocycles. The molecule has 2 rings (SSSR count). The lowest BCUT2D eigenvalue weighted by molar-refractivity contribution is -0.0721. The Labute approximate surface area is 119 Å². The second-order valence-electron chi connectivity index (χ2n) is 5.43. The minimum atomic E-state index is 0.113. The smallest absolute Gasteiger partial charge is 0.170 e. The van der Waals surface area contributed by atoms with Crippen LogP contribution in [0.2, 0.25) is 0 Å². The summed E-state index contributed by atoms with van der Waals surface area (Å²) in [5, 5.41) is 11.7. The molecular weight excluding hydrogens is 256 g/mol. The molecular formula is C15H22N2O3. The lowest BCUT2D eigenvalue weighted by atomic mass is 10.0. The zero-order chi connectivity index (χ0) is 14.7. The second kappa shape index (κ2) is 6.13. The van der Waals surface area contributed by atoms with Crippen LogP contribution in [-0.4, -0.2) is 29.4 Å². The number of amidine groups is 1. The van der Waals surface area contributed by atoms with Crippen LogP contribution < -0.4 is 10.5 Å². The molecule has 1 aromatic rings. The van der Waals surface area contributed by atoms with E-state index in [2.05, 4.69) is 19.0 Å². The highest BCUT2D eigenvalue weighted by Crippen LogP contribution is 2.25. The van der Waals surface area contributed by atoms with Crippen LogP contribution in [0.3, 0.4) is 0 Å². The van der Waals surface area contributed by atoms with Crippen molar-refractivity contribution in [3.8, 4) is 5.75 Å². The number of hydrogen-bond acceptors (Lipinski definition) is 4. The van der Waals surface area contributed by atoms with E-state index in [1.165, 1.54) is 0 Å². The molecule has 0 spiro atoms. The zero-order valence-electron chi connectivity index (χ0n) is 12.2. The van der Waals surface area contributed by atoms with Crippen molar-refractivity contribution in [1.82, 2.24) is 0 Å². The van der Waals surface area contributed by atoms with Crippen molar-refractivity contribution in [2.45, 2.75) is 51.9 Å². The van der Waals surface area contributed by atoms with Gasteiger partial charge in [0.1, 0.15) is 11.9 Å². The molecule has 5 heteroatoms. The molecule has 20 heavy (non-hydrogen) atoms. The summed E-state index contributed by atoms with van der Waals surface area (Å²) in [6, 6.07) is 5.58. The lowest BCUT2D eigenvalue weighted by Crippen LogP contribution is -2.35. The standard InChI is InChI=1S/C15H22N2O3/c1-9-6-12(4-5-14(9)15(16)17-18)20-13-7-10(2)19-11(3)8-13/h4-6,10-11,13,18H,7-8H2,1-3H3,(H2,16,17). The fourth-order valence-electron chi connectivity index (χ4n) is 2.68. The summed E-state index contributed by atoms with van der Waals surface area (Å²) in [6.45, 7) is 6.05. The maximum atomic E-state index is 8.72. The molecule has 0 saturated carbocycles. The van der Waals surface area contributed by atoms with Crippen molar-refractivity contribution in [1.29, 1.82) is 0 Å². The second-order valence-corrected chi connectivity index (χ2v) is 5.43. The van der Waals surface area contributed by atoms with Crippen LogP contribution in [0.25, 0.3) is 0 Å². The van der Waals surface area contributed by atoms with E-state index in [1.807, 2.05) is 25.1 Å². The molecule has 1 saturated heterocycles. The topological polar surface area (TPSA) is 77.1 Å². The normalized spacial score (nSPS) is 27.4. The SMILES string of the molecule is Cc1cc(OC2CC(C)OC(C)C2)ccc1/C(N)=N/O. The summed E-state index contributed by atoms with van der Waals surface area (Å²) in [7, 11) is 0. The molecule has 0 amide bonds. The van der Waals surface area contributed by atoms with Crippen molar-refractivity contribution in [2.75, 3.05) is 0 Å². The van der Waals surface area contributed by atoms with Crippen LogP contribution in [0.1, 0.15) is 37.8 Å². The highest BCUT2D eigenvalue weighted by Gasteiger charge is 2.25. The van der Waals surface area contributed by atoms with Gasteiger partial charge in [0.2, 0.25) is 0 Å². The molecule has 0 aliphatic carbocycles. The van der Waals surface area contributed by atoms with Gasteiger partial charge in [0.05, 0.1) is 12.2 Å². The number of hydrogen-bond donors (Lipinski definition) is 2. The van der Waals surface area contributed by atoms with Gasteiger partial charge in [-0.2, -0.15) is 0 Å². The minimum absolute atomic E-state index is 0.113. The van der Waals surface area contributed by atoms with Crippen molar-refractivity contribution in [3.05, 3.63) is 29.3 Å². The number of oxime groups is 1. The van der Waals surface area contributed by atoms with Crippen LogP contribution in [0, 0.1) is 6.92 Å². The van der Waals surface area contributed by atoms with E-state index in [1.54, 1.807) is 0 Å². The monoisotopic (exact) mass is 278 g/mol. The van der Waals surface area contributed by atoms with Crippen molar-refractivity contribution >= 4 is 5.84 Å². The Morgan fingerprint density at radius 1 is 1.35 bits per heavy atom. The molecule has 1 aromatic carbocycles. The first-order chi connectivity index (χ1) is 9.49. The van der Waals surface area contributed by atoms with E-state index in [9.17, 15) is 0 Å². The molecule has 1 aliphatic rings. The molecule has 3 N–H and O–H groups in total. The fraction of sp³-hybridized carbons (Fsp3) is 0.533. The summed E-state index contributed by atoms with van der Waals surface area (Å²) in [5.41, 5.74) is 7.25. The van der Waals surface area contributed by atoms with Gasteiger partial charge in [-0.3, -0.25) is 0 Å². The molecule has 2 atom stereocenters. The van der Waals surface area contributed by atoms with Gasteiger partial charge in [-0.05, 0) is 44.5 Å². The highest BCUT2D eigenvalue weighted by molar-refractivity contribution is 5.98. The molecule has 5 nitrogen and oxygen atoms in total. The number of ether oxygens (including phenoxy) is 2. The third-order valence-corrected chi connectivity index (χ3v) is 3.54. The Bertz CT molecular complexity index is 492. The summed E-state index contributed by atoms with van der Waals surface area (Å²) in [6.07, 6.45) is 2.40. The Hall–Kier alpha value is -1.75. The maximum absolute atomic E-state index is 8.72. The van der Waals surface area contributed by atoms with E-state index in [0.717, 1.165) is 24.2 Å². The van der Waals surface area contributed by atoms with Crippen molar-refractivity contribution < 1.29 is 14.7 Å². The van der Waals surface area contributed by atoms with Gasteiger partial charge < -0.3 is 20.4 Å². The first-order valence-corrected chi connectivity index (χ1v) is 6.90. The molecule has 0 radical (unpaired) electrons. The maximum Gasteiger partial charge on any atom is 0.170 e.